The first-order valence-corrected chi connectivity index (χ1v) is 10.4. The van der Waals surface area contributed by atoms with Gasteiger partial charge in [-0.25, -0.2) is 18.7 Å². The molecule has 0 bridgehead atoms. The Bertz CT molecular complexity index is 1550. The van der Waals surface area contributed by atoms with E-state index in [1.807, 2.05) is 42.5 Å². The summed E-state index contributed by atoms with van der Waals surface area (Å²) in [5, 5.41) is 3.09. The molecule has 158 valence electrons. The van der Waals surface area contributed by atoms with Gasteiger partial charge in [0.25, 0.3) is 5.56 Å². The molecule has 0 saturated heterocycles. The van der Waals surface area contributed by atoms with Gasteiger partial charge in [0, 0.05) is 17.0 Å². The van der Waals surface area contributed by atoms with Gasteiger partial charge in [0.1, 0.15) is 27.7 Å². The number of nitrogens with zero attached hydrogens (tertiary/aromatic N) is 3. The number of hydrogen-bond donors (Lipinski definition) is 1. The molecule has 0 aliphatic rings. The molecular formula is C23H14F2N4O2S. The van der Waals surface area contributed by atoms with Crippen LogP contribution >= 0.6 is 11.3 Å². The van der Waals surface area contributed by atoms with Crippen molar-refractivity contribution in [3.8, 4) is 11.3 Å². The number of pyridine rings is 1. The lowest BCUT2D eigenvalue weighted by Crippen LogP contribution is -2.27. The molecule has 32 heavy (non-hydrogen) atoms. The molecule has 0 atom stereocenters. The first-order chi connectivity index (χ1) is 15.5. The molecule has 0 aliphatic carbocycles. The molecule has 5 rings (SSSR count). The minimum atomic E-state index is -0.899. The van der Waals surface area contributed by atoms with Gasteiger partial charge in [0.15, 0.2) is 0 Å². The number of benzene rings is 2. The van der Waals surface area contributed by atoms with Crippen LogP contribution in [0.5, 0.6) is 0 Å². The van der Waals surface area contributed by atoms with Gasteiger partial charge in [0.05, 0.1) is 23.2 Å². The van der Waals surface area contributed by atoms with Crippen molar-refractivity contribution in [1.82, 2.24) is 14.5 Å². The molecule has 0 fully saturated rings. The predicted octanol–water partition coefficient (Wildman–Crippen LogP) is 4.59. The van der Waals surface area contributed by atoms with Gasteiger partial charge in [-0.15, -0.1) is 11.3 Å². The van der Waals surface area contributed by atoms with Crippen LogP contribution in [0.3, 0.4) is 0 Å². The number of anilines is 1. The van der Waals surface area contributed by atoms with Gasteiger partial charge < -0.3 is 5.32 Å². The molecule has 6 nitrogen and oxygen atoms in total. The van der Waals surface area contributed by atoms with Crippen LogP contribution in [0.25, 0.3) is 31.7 Å². The van der Waals surface area contributed by atoms with E-state index in [-0.39, 0.29) is 12.2 Å². The first-order valence-electron chi connectivity index (χ1n) is 9.58. The summed E-state index contributed by atoms with van der Waals surface area (Å²) in [5.74, 6) is -2.28. The molecule has 1 N–H and O–H groups in total. The van der Waals surface area contributed by atoms with E-state index in [0.29, 0.717) is 21.1 Å². The van der Waals surface area contributed by atoms with Crippen molar-refractivity contribution in [3.63, 3.8) is 0 Å². The zero-order valence-corrected chi connectivity index (χ0v) is 17.2. The summed E-state index contributed by atoms with van der Waals surface area (Å²) in [6, 6.07) is 16.3. The first kappa shape index (κ1) is 20.0. The number of nitrogens with one attached hydrogen (secondary N) is 1. The zero-order valence-electron chi connectivity index (χ0n) is 16.4. The lowest BCUT2D eigenvalue weighted by molar-refractivity contribution is -0.116. The van der Waals surface area contributed by atoms with Crippen molar-refractivity contribution in [1.29, 1.82) is 0 Å². The number of amides is 1. The fourth-order valence-electron chi connectivity index (χ4n) is 3.37. The highest BCUT2D eigenvalue weighted by molar-refractivity contribution is 7.25. The van der Waals surface area contributed by atoms with Crippen LogP contribution in [0, 0.1) is 11.6 Å². The molecule has 3 aromatic heterocycles. The maximum absolute atomic E-state index is 13.8. The van der Waals surface area contributed by atoms with Gasteiger partial charge in [-0.2, -0.15) is 0 Å². The second kappa shape index (κ2) is 7.93. The highest BCUT2D eigenvalue weighted by Crippen LogP contribution is 2.31. The van der Waals surface area contributed by atoms with Gasteiger partial charge in [0.2, 0.25) is 5.91 Å². The van der Waals surface area contributed by atoms with Crippen molar-refractivity contribution in [2.45, 2.75) is 6.54 Å². The number of rotatable bonds is 4. The zero-order chi connectivity index (χ0) is 22.2. The van der Waals surface area contributed by atoms with Gasteiger partial charge >= 0.3 is 0 Å². The van der Waals surface area contributed by atoms with E-state index in [1.54, 1.807) is 0 Å². The van der Waals surface area contributed by atoms with Crippen molar-refractivity contribution >= 4 is 43.4 Å². The minimum absolute atomic E-state index is 0.169. The molecule has 9 heteroatoms. The summed E-state index contributed by atoms with van der Waals surface area (Å²) in [5.41, 5.74) is 1.70. The number of carbonyl (C=O) groups is 1. The largest absolute Gasteiger partial charge is 0.322 e. The Balaban J connectivity index is 1.47. The number of fused-ring (bicyclic) bond motifs is 3. The smallest absolute Gasteiger partial charge is 0.271 e. The van der Waals surface area contributed by atoms with E-state index in [2.05, 4.69) is 15.3 Å². The molecule has 0 unspecified atom stereocenters. The van der Waals surface area contributed by atoms with Crippen LogP contribution in [-0.4, -0.2) is 20.4 Å². The summed E-state index contributed by atoms with van der Waals surface area (Å²) in [7, 11) is 0. The highest BCUT2D eigenvalue weighted by Gasteiger charge is 2.15. The van der Waals surface area contributed by atoms with Crippen LogP contribution in [0.2, 0.25) is 0 Å². The number of halogens is 2. The average molecular weight is 448 g/mol. The minimum Gasteiger partial charge on any atom is -0.322 e. The number of carbonyl (C=O) groups excluding carboxylic acids is 1. The maximum Gasteiger partial charge on any atom is 0.271 e. The molecular weight excluding hydrogens is 434 g/mol. The fourth-order valence-corrected chi connectivity index (χ4v) is 4.44. The third kappa shape index (κ3) is 3.63. The van der Waals surface area contributed by atoms with Crippen LogP contribution in [0.1, 0.15) is 0 Å². The van der Waals surface area contributed by atoms with E-state index in [0.717, 1.165) is 33.3 Å². The van der Waals surface area contributed by atoms with Crippen LogP contribution in [0.15, 0.2) is 71.8 Å². The quantitative estimate of drug-likeness (QED) is 0.436. The summed E-state index contributed by atoms with van der Waals surface area (Å²) >= 11 is 1.21. The summed E-state index contributed by atoms with van der Waals surface area (Å²) in [6.07, 6.45) is 1.28. The van der Waals surface area contributed by atoms with Crippen LogP contribution < -0.4 is 10.9 Å². The van der Waals surface area contributed by atoms with E-state index >= 15 is 0 Å². The van der Waals surface area contributed by atoms with Crippen molar-refractivity contribution in [2.75, 3.05) is 5.32 Å². The lowest BCUT2D eigenvalue weighted by Gasteiger charge is -2.08. The second-order valence-corrected chi connectivity index (χ2v) is 8.04. The molecule has 0 aliphatic heterocycles. The third-order valence-corrected chi connectivity index (χ3v) is 5.98. The average Bonchev–Trinajstić information content (AvgIpc) is 3.17. The second-order valence-electron chi connectivity index (χ2n) is 7.04. The summed E-state index contributed by atoms with van der Waals surface area (Å²) in [6.45, 7) is -0.366. The molecule has 3 heterocycles. The fraction of sp³-hybridized carbons (Fsp3) is 0.0435. The maximum atomic E-state index is 13.8. The highest BCUT2D eigenvalue weighted by atomic mass is 32.1. The monoisotopic (exact) mass is 448 g/mol. The molecule has 5 aromatic rings. The molecule has 2 aromatic carbocycles. The Morgan fingerprint density at radius 3 is 2.66 bits per heavy atom. The third-order valence-electron chi connectivity index (χ3n) is 4.90. The van der Waals surface area contributed by atoms with Gasteiger partial charge in [-0.3, -0.25) is 14.2 Å². The lowest BCUT2D eigenvalue weighted by atomic mass is 10.1. The molecule has 1 amide bonds. The molecule has 0 spiro atoms. The van der Waals surface area contributed by atoms with Crippen molar-refractivity contribution < 1.29 is 13.6 Å². The Hall–Kier alpha value is -3.98. The van der Waals surface area contributed by atoms with E-state index in [1.165, 1.54) is 17.7 Å². The van der Waals surface area contributed by atoms with Crippen LogP contribution in [0.4, 0.5) is 14.5 Å². The van der Waals surface area contributed by atoms with Crippen LogP contribution in [-0.2, 0) is 11.3 Å². The van der Waals surface area contributed by atoms with Crippen molar-refractivity contribution in [3.05, 3.63) is 89.0 Å². The van der Waals surface area contributed by atoms with E-state index < -0.39 is 23.1 Å². The molecule has 0 saturated carbocycles. The summed E-state index contributed by atoms with van der Waals surface area (Å²) in [4.78, 5) is 35.0. The molecule has 0 radical (unpaired) electrons. The normalized spacial score (nSPS) is 11.2. The van der Waals surface area contributed by atoms with E-state index in [4.69, 9.17) is 0 Å². The predicted molar refractivity (Wildman–Crippen MR) is 120 cm³/mol. The SMILES string of the molecule is O=C(Cn1cnc2c(sc3nc(-c4ccccc4)ccc32)c1=O)Nc1ccc(F)cc1F. The number of thiophene rings is 1. The van der Waals surface area contributed by atoms with Gasteiger partial charge in [-0.05, 0) is 24.3 Å². The standard InChI is InChI=1S/C23H14F2N4O2S/c24-14-6-8-18(16(25)10-14)27-19(30)11-29-12-26-20-15-7-9-17(13-4-2-1-3-5-13)28-22(15)32-21(20)23(29)31/h1-10,12H,11H2,(H,27,30). The number of aromatic nitrogens is 3. The number of hydrogen-bond acceptors (Lipinski definition) is 5. The Morgan fingerprint density at radius 2 is 1.88 bits per heavy atom. The van der Waals surface area contributed by atoms with Crippen molar-refractivity contribution in [2.24, 2.45) is 0 Å². The Labute approximate surface area is 183 Å². The van der Waals surface area contributed by atoms with E-state index in [9.17, 15) is 18.4 Å². The van der Waals surface area contributed by atoms with Gasteiger partial charge in [-0.1, -0.05) is 30.3 Å². The Kier molecular flexibility index (Phi) is 4.95. The Morgan fingerprint density at radius 1 is 1.06 bits per heavy atom. The summed E-state index contributed by atoms with van der Waals surface area (Å²) < 4.78 is 28.3. The topological polar surface area (TPSA) is 76.9 Å².